The minimum absolute atomic E-state index is 0.142. The molecule has 0 aromatic heterocycles. The van der Waals surface area contributed by atoms with Gasteiger partial charge in [0.1, 0.15) is 11.5 Å². The number of ether oxygens (including phenoxy) is 2. The molecule has 1 saturated heterocycles. The maximum Gasteiger partial charge on any atom is 0.298 e. The van der Waals surface area contributed by atoms with E-state index < -0.39 is 33.5 Å². The van der Waals surface area contributed by atoms with Crippen LogP contribution >= 0.6 is 0 Å². The molecule has 1 unspecified atom stereocenters. The van der Waals surface area contributed by atoms with Crippen LogP contribution in [0.5, 0.6) is 11.5 Å². The Labute approximate surface area is 257 Å². The van der Waals surface area contributed by atoms with Crippen LogP contribution in [0, 0.1) is 0 Å². The molecule has 0 spiro atoms. The van der Waals surface area contributed by atoms with Gasteiger partial charge in [-0.15, -0.1) is 0 Å². The lowest BCUT2D eigenvalue weighted by Crippen LogP contribution is -2.57. The quantitative estimate of drug-likeness (QED) is 0.248. The Hall–Kier alpha value is -3.28. The number of fused-ring (bicyclic) bond motifs is 1. The van der Waals surface area contributed by atoms with E-state index >= 15 is 8.78 Å². The number of likely N-dealkylation sites (tertiary alicyclic amines) is 1. The van der Waals surface area contributed by atoms with Gasteiger partial charge in [0.2, 0.25) is 15.9 Å². The summed E-state index contributed by atoms with van der Waals surface area (Å²) < 4.78 is 73.4. The molecule has 1 saturated carbocycles. The highest BCUT2D eigenvalue weighted by atomic mass is 32.2. The van der Waals surface area contributed by atoms with Gasteiger partial charge >= 0.3 is 0 Å². The molecule has 238 valence electrons. The van der Waals surface area contributed by atoms with Crippen molar-refractivity contribution in [3.05, 3.63) is 66.2 Å². The van der Waals surface area contributed by atoms with Crippen LogP contribution in [0.25, 0.3) is 10.8 Å². The third kappa shape index (κ3) is 7.50. The van der Waals surface area contributed by atoms with Crippen LogP contribution in [0.15, 0.2) is 65.6 Å². The number of sulfonamides is 1. The number of hydrogen-bond donors (Lipinski definition) is 2. The van der Waals surface area contributed by atoms with E-state index in [-0.39, 0.29) is 30.1 Å². The van der Waals surface area contributed by atoms with Gasteiger partial charge in [-0.25, -0.2) is 8.42 Å². The Balaban J connectivity index is 1.41. The molecule has 2 aliphatic rings. The fourth-order valence-corrected chi connectivity index (χ4v) is 6.95. The first-order valence-electron chi connectivity index (χ1n) is 15.4. The van der Waals surface area contributed by atoms with Crippen LogP contribution in [-0.4, -0.2) is 57.1 Å². The van der Waals surface area contributed by atoms with Gasteiger partial charge in [0, 0.05) is 24.7 Å². The molecule has 5 rings (SSSR count). The molecule has 1 heterocycles. The van der Waals surface area contributed by atoms with Crippen LogP contribution < -0.4 is 19.9 Å². The number of nitrogens with two attached hydrogens (primary N) is 1. The molecule has 2 fully saturated rings. The van der Waals surface area contributed by atoms with E-state index in [9.17, 15) is 13.2 Å². The average Bonchev–Trinajstić information content (AvgIpc) is 3.53. The molecular formula is C33H41F2N3O5S. The molecule has 3 aromatic rings. The summed E-state index contributed by atoms with van der Waals surface area (Å²) in [5, 5.41) is 1.35. The number of carbonyl (C=O) groups is 1. The number of nitrogens with one attached hydrogen (secondary N) is 1. The lowest BCUT2D eigenvalue weighted by molar-refractivity contribution is -0.145. The van der Waals surface area contributed by atoms with E-state index in [0.717, 1.165) is 43.9 Å². The second-order valence-corrected chi connectivity index (χ2v) is 13.5. The van der Waals surface area contributed by atoms with Gasteiger partial charge in [0.05, 0.1) is 17.6 Å². The second-order valence-electron chi connectivity index (χ2n) is 11.8. The number of piperidine rings is 1. The Morgan fingerprint density at radius 3 is 2.30 bits per heavy atom. The molecule has 1 aliphatic heterocycles. The number of halogens is 2. The highest BCUT2D eigenvalue weighted by molar-refractivity contribution is 7.89. The first-order chi connectivity index (χ1) is 21.1. The maximum absolute atomic E-state index is 16.2. The summed E-state index contributed by atoms with van der Waals surface area (Å²) in [6, 6.07) is 12.4. The summed E-state index contributed by atoms with van der Waals surface area (Å²) in [6.45, 7) is 2.80. The number of unbranched alkanes of at least 4 members (excludes halogenated alkanes) is 1. The number of hydrogen-bond acceptors (Lipinski definition) is 6. The molecule has 0 radical (unpaired) electrons. The lowest BCUT2D eigenvalue weighted by atomic mass is 9.98. The predicted octanol–water partition coefficient (Wildman–Crippen LogP) is 5.73. The summed E-state index contributed by atoms with van der Waals surface area (Å²) in [5.74, 6) is -3.75. The topological polar surface area (TPSA) is 111 Å². The van der Waals surface area contributed by atoms with Gasteiger partial charge in [0.15, 0.2) is 6.04 Å². The van der Waals surface area contributed by atoms with Crippen molar-refractivity contribution in [2.24, 2.45) is 5.73 Å². The van der Waals surface area contributed by atoms with Gasteiger partial charge in [-0.05, 0) is 104 Å². The van der Waals surface area contributed by atoms with E-state index in [1.165, 1.54) is 41.3 Å². The van der Waals surface area contributed by atoms with Crippen molar-refractivity contribution >= 4 is 26.7 Å². The Kier molecular flexibility index (Phi) is 10.1. The number of nitrogens with zero attached hydrogens (tertiary/aromatic N) is 1. The van der Waals surface area contributed by atoms with Crippen LogP contribution in [-0.2, 0) is 20.7 Å². The molecule has 44 heavy (non-hydrogen) atoms. The van der Waals surface area contributed by atoms with E-state index in [1.807, 2.05) is 13.0 Å². The zero-order valence-electron chi connectivity index (χ0n) is 25.0. The van der Waals surface area contributed by atoms with Crippen LogP contribution in [0.2, 0.25) is 0 Å². The molecule has 3 N–H and O–H groups in total. The molecule has 8 nitrogen and oxygen atoms in total. The van der Waals surface area contributed by atoms with Crippen molar-refractivity contribution in [3.63, 3.8) is 0 Å². The molecule has 3 aromatic carbocycles. The van der Waals surface area contributed by atoms with Crippen LogP contribution in [0.4, 0.5) is 8.78 Å². The van der Waals surface area contributed by atoms with Gasteiger partial charge in [0.25, 0.3) is 5.92 Å². The molecule has 1 atom stereocenters. The monoisotopic (exact) mass is 629 g/mol. The van der Waals surface area contributed by atoms with Gasteiger partial charge in [-0.1, -0.05) is 25.5 Å². The van der Waals surface area contributed by atoms with E-state index in [1.54, 1.807) is 18.2 Å². The summed E-state index contributed by atoms with van der Waals surface area (Å²) in [6.07, 6.45) is 7.09. The standard InChI is InChI=1S/C33H41F2N3O5S/c1-2-3-20-42-27-13-10-25(11-14-27)33(34,35)31(32(39)38-18-16-26(36)17-19-38)37-44(40,41)30-15-9-23-21-29(12-8-24(23)22-30)43-28-6-4-5-7-28/h8-15,21-22,26,28,31,37H,2-7,16-20,36H2,1H3. The zero-order chi connectivity index (χ0) is 31.3. The van der Waals surface area contributed by atoms with Gasteiger partial charge in [-0.2, -0.15) is 13.5 Å². The third-order valence-electron chi connectivity index (χ3n) is 8.44. The van der Waals surface area contributed by atoms with E-state index in [0.29, 0.717) is 36.3 Å². The maximum atomic E-state index is 16.2. The van der Waals surface area contributed by atoms with Crippen molar-refractivity contribution in [1.82, 2.24) is 9.62 Å². The molecule has 0 bridgehead atoms. The van der Waals surface area contributed by atoms with Crippen LogP contribution in [0.3, 0.4) is 0 Å². The van der Waals surface area contributed by atoms with Crippen molar-refractivity contribution in [3.8, 4) is 11.5 Å². The molecular weight excluding hydrogens is 588 g/mol. The smallest absolute Gasteiger partial charge is 0.298 e. The highest BCUT2D eigenvalue weighted by Crippen LogP contribution is 2.36. The summed E-state index contributed by atoms with van der Waals surface area (Å²) in [5.41, 5.74) is 5.47. The molecule has 11 heteroatoms. The Bertz CT molecular complexity index is 1540. The van der Waals surface area contributed by atoms with Crippen molar-refractivity contribution in [2.45, 2.75) is 87.3 Å². The Morgan fingerprint density at radius 1 is 0.977 bits per heavy atom. The van der Waals surface area contributed by atoms with Gasteiger partial charge in [-0.3, -0.25) is 4.79 Å². The molecule has 1 amide bonds. The van der Waals surface area contributed by atoms with E-state index in [4.69, 9.17) is 15.2 Å². The third-order valence-corrected chi connectivity index (χ3v) is 9.86. The van der Waals surface area contributed by atoms with Crippen molar-refractivity contribution < 1.29 is 31.5 Å². The average molecular weight is 630 g/mol. The SMILES string of the molecule is CCCCOc1ccc(C(F)(F)C(NS(=O)(=O)c2ccc3cc(OC4CCCC4)ccc3c2)C(=O)N2CCC(N)CC2)cc1. The van der Waals surface area contributed by atoms with Crippen LogP contribution in [0.1, 0.15) is 63.9 Å². The molecule has 1 aliphatic carbocycles. The summed E-state index contributed by atoms with van der Waals surface area (Å²) >= 11 is 0. The van der Waals surface area contributed by atoms with Gasteiger partial charge < -0.3 is 20.1 Å². The number of carbonyl (C=O) groups excluding carboxylic acids is 1. The minimum atomic E-state index is -4.55. The normalized spacial score (nSPS) is 17.6. The van der Waals surface area contributed by atoms with E-state index in [2.05, 4.69) is 4.72 Å². The first kappa shape index (κ1) is 32.1. The minimum Gasteiger partial charge on any atom is -0.494 e. The number of benzene rings is 3. The fraction of sp³-hybridized carbons (Fsp3) is 0.485. The highest BCUT2D eigenvalue weighted by Gasteiger charge is 2.50. The largest absolute Gasteiger partial charge is 0.494 e. The summed E-state index contributed by atoms with van der Waals surface area (Å²) in [4.78, 5) is 14.7. The van der Waals surface area contributed by atoms with Crippen molar-refractivity contribution in [2.75, 3.05) is 19.7 Å². The second kappa shape index (κ2) is 13.8. The number of amides is 1. The lowest BCUT2D eigenvalue weighted by Gasteiger charge is -2.35. The predicted molar refractivity (Wildman–Crippen MR) is 165 cm³/mol. The Morgan fingerprint density at radius 2 is 1.61 bits per heavy atom. The zero-order valence-corrected chi connectivity index (χ0v) is 25.8. The number of rotatable bonds is 12. The first-order valence-corrected chi connectivity index (χ1v) is 16.9. The van der Waals surface area contributed by atoms with Crippen molar-refractivity contribution in [1.29, 1.82) is 0 Å². The summed E-state index contributed by atoms with van der Waals surface area (Å²) in [7, 11) is -4.55. The number of alkyl halides is 2. The fourth-order valence-electron chi connectivity index (χ4n) is 5.72.